The van der Waals surface area contributed by atoms with E-state index in [1.54, 1.807) is 24.8 Å². The van der Waals surface area contributed by atoms with Gasteiger partial charge in [-0.25, -0.2) is 15.4 Å². The van der Waals surface area contributed by atoms with Gasteiger partial charge in [-0.2, -0.15) is 0 Å². The SMILES string of the molecule is CCCOc1cncc(C(NN)c2cncnc2)c1. The average molecular weight is 259 g/mol. The zero-order valence-corrected chi connectivity index (χ0v) is 10.8. The predicted octanol–water partition coefficient (Wildman–Crippen LogP) is 1.21. The standard InChI is InChI=1S/C13H17N5O/c1-2-3-19-12-4-10(5-15-8-12)13(18-14)11-6-16-9-17-7-11/h4-9,13,18H,2-3,14H2,1H3. The van der Waals surface area contributed by atoms with Gasteiger partial charge in [0.25, 0.3) is 0 Å². The Bertz CT molecular complexity index is 505. The highest BCUT2D eigenvalue weighted by Crippen LogP contribution is 2.22. The summed E-state index contributed by atoms with van der Waals surface area (Å²) in [6, 6.07) is 1.71. The van der Waals surface area contributed by atoms with Crippen molar-refractivity contribution in [2.24, 2.45) is 5.84 Å². The maximum atomic E-state index is 5.61. The zero-order valence-electron chi connectivity index (χ0n) is 10.8. The van der Waals surface area contributed by atoms with Crippen molar-refractivity contribution in [3.05, 3.63) is 48.3 Å². The van der Waals surface area contributed by atoms with Crippen molar-refractivity contribution in [2.45, 2.75) is 19.4 Å². The van der Waals surface area contributed by atoms with Crippen LogP contribution in [0.25, 0.3) is 0 Å². The van der Waals surface area contributed by atoms with Crippen LogP contribution in [-0.4, -0.2) is 21.6 Å². The van der Waals surface area contributed by atoms with Gasteiger partial charge in [-0.05, 0) is 18.1 Å². The topological polar surface area (TPSA) is 86.0 Å². The molecule has 3 N–H and O–H groups in total. The molecule has 19 heavy (non-hydrogen) atoms. The Morgan fingerprint density at radius 2 is 1.89 bits per heavy atom. The van der Waals surface area contributed by atoms with Crippen molar-refractivity contribution in [3.63, 3.8) is 0 Å². The predicted molar refractivity (Wildman–Crippen MR) is 71.2 cm³/mol. The van der Waals surface area contributed by atoms with Crippen LogP contribution in [0.3, 0.4) is 0 Å². The molecule has 100 valence electrons. The van der Waals surface area contributed by atoms with Gasteiger partial charge in [-0.15, -0.1) is 0 Å². The fourth-order valence-corrected chi connectivity index (χ4v) is 1.74. The van der Waals surface area contributed by atoms with E-state index in [0.29, 0.717) is 6.61 Å². The first-order valence-corrected chi connectivity index (χ1v) is 6.14. The van der Waals surface area contributed by atoms with Gasteiger partial charge >= 0.3 is 0 Å². The van der Waals surface area contributed by atoms with Crippen molar-refractivity contribution in [1.82, 2.24) is 20.4 Å². The lowest BCUT2D eigenvalue weighted by atomic mass is 10.0. The van der Waals surface area contributed by atoms with E-state index in [-0.39, 0.29) is 6.04 Å². The van der Waals surface area contributed by atoms with Crippen LogP contribution in [0, 0.1) is 0 Å². The molecular weight excluding hydrogens is 242 g/mol. The Morgan fingerprint density at radius 3 is 2.58 bits per heavy atom. The largest absolute Gasteiger partial charge is 0.492 e. The molecule has 0 radical (unpaired) electrons. The number of ether oxygens (including phenoxy) is 1. The maximum Gasteiger partial charge on any atom is 0.137 e. The average Bonchev–Trinajstić information content (AvgIpc) is 2.47. The summed E-state index contributed by atoms with van der Waals surface area (Å²) in [5, 5.41) is 0. The number of nitrogens with two attached hydrogens (primary N) is 1. The van der Waals surface area contributed by atoms with Crippen LogP contribution >= 0.6 is 0 Å². The van der Waals surface area contributed by atoms with Gasteiger partial charge < -0.3 is 4.74 Å². The summed E-state index contributed by atoms with van der Waals surface area (Å²) in [5.74, 6) is 6.35. The third-order valence-electron chi connectivity index (χ3n) is 2.62. The fraction of sp³-hybridized carbons (Fsp3) is 0.308. The molecule has 1 unspecified atom stereocenters. The molecule has 0 saturated heterocycles. The third-order valence-corrected chi connectivity index (χ3v) is 2.62. The van der Waals surface area contributed by atoms with Crippen molar-refractivity contribution in [3.8, 4) is 5.75 Å². The van der Waals surface area contributed by atoms with E-state index in [0.717, 1.165) is 23.3 Å². The molecule has 0 saturated carbocycles. The van der Waals surface area contributed by atoms with Gasteiger partial charge in [0.2, 0.25) is 0 Å². The molecule has 0 fully saturated rings. The van der Waals surface area contributed by atoms with Crippen LogP contribution in [0.15, 0.2) is 37.2 Å². The second kappa shape index (κ2) is 6.77. The van der Waals surface area contributed by atoms with Crippen molar-refractivity contribution in [2.75, 3.05) is 6.61 Å². The lowest BCUT2D eigenvalue weighted by Gasteiger charge is -2.16. The first kappa shape index (κ1) is 13.4. The molecule has 6 heteroatoms. The van der Waals surface area contributed by atoms with Crippen LogP contribution in [-0.2, 0) is 0 Å². The Kier molecular flexibility index (Phi) is 4.77. The number of hydrazine groups is 1. The number of pyridine rings is 1. The summed E-state index contributed by atoms with van der Waals surface area (Å²) in [5.41, 5.74) is 4.53. The summed E-state index contributed by atoms with van der Waals surface area (Å²) in [6.45, 7) is 2.73. The highest BCUT2D eigenvalue weighted by atomic mass is 16.5. The number of rotatable bonds is 6. The maximum absolute atomic E-state index is 5.61. The van der Waals surface area contributed by atoms with E-state index in [1.165, 1.54) is 6.33 Å². The zero-order chi connectivity index (χ0) is 13.5. The summed E-state index contributed by atoms with van der Waals surface area (Å²) in [4.78, 5) is 12.2. The number of aromatic nitrogens is 3. The molecule has 0 aliphatic rings. The molecule has 2 aromatic heterocycles. The smallest absolute Gasteiger partial charge is 0.137 e. The molecule has 0 aliphatic heterocycles. The molecule has 0 aromatic carbocycles. The molecule has 0 bridgehead atoms. The highest BCUT2D eigenvalue weighted by Gasteiger charge is 2.14. The minimum Gasteiger partial charge on any atom is -0.492 e. The number of hydrogen-bond donors (Lipinski definition) is 2. The van der Waals surface area contributed by atoms with E-state index in [1.807, 2.05) is 6.07 Å². The molecule has 2 rings (SSSR count). The van der Waals surface area contributed by atoms with E-state index in [4.69, 9.17) is 10.6 Å². The van der Waals surface area contributed by atoms with Gasteiger partial charge in [0.1, 0.15) is 12.1 Å². The quantitative estimate of drug-likeness (QED) is 0.599. The van der Waals surface area contributed by atoms with Crippen LogP contribution < -0.4 is 16.0 Å². The lowest BCUT2D eigenvalue weighted by molar-refractivity contribution is 0.315. The normalized spacial score (nSPS) is 12.1. The molecule has 1 atom stereocenters. The van der Waals surface area contributed by atoms with Gasteiger partial charge in [0, 0.05) is 24.2 Å². The highest BCUT2D eigenvalue weighted by molar-refractivity contribution is 5.31. The van der Waals surface area contributed by atoms with Gasteiger partial charge in [0.15, 0.2) is 0 Å². The Hall–Kier alpha value is -2.05. The number of nitrogens with one attached hydrogen (secondary N) is 1. The molecule has 2 heterocycles. The fourth-order valence-electron chi connectivity index (χ4n) is 1.74. The summed E-state index contributed by atoms with van der Waals surface area (Å²) >= 11 is 0. The van der Waals surface area contributed by atoms with Crippen LogP contribution in [0.5, 0.6) is 5.75 Å². The minimum absolute atomic E-state index is 0.209. The van der Waals surface area contributed by atoms with Gasteiger partial charge in [0.05, 0.1) is 18.8 Å². The van der Waals surface area contributed by atoms with E-state index < -0.39 is 0 Å². The molecule has 0 spiro atoms. The van der Waals surface area contributed by atoms with Crippen molar-refractivity contribution < 1.29 is 4.74 Å². The lowest BCUT2D eigenvalue weighted by Crippen LogP contribution is -2.29. The van der Waals surface area contributed by atoms with Crippen molar-refractivity contribution in [1.29, 1.82) is 0 Å². The van der Waals surface area contributed by atoms with Crippen LogP contribution in [0.4, 0.5) is 0 Å². The minimum atomic E-state index is -0.209. The molecule has 0 amide bonds. The first-order chi connectivity index (χ1) is 9.35. The second-order valence-corrected chi connectivity index (χ2v) is 4.07. The van der Waals surface area contributed by atoms with Crippen LogP contribution in [0.1, 0.15) is 30.5 Å². The molecule has 6 nitrogen and oxygen atoms in total. The number of hydrogen-bond acceptors (Lipinski definition) is 6. The third kappa shape index (κ3) is 3.46. The Balaban J connectivity index is 2.23. The van der Waals surface area contributed by atoms with Gasteiger partial charge in [-0.3, -0.25) is 10.8 Å². The summed E-state index contributed by atoms with van der Waals surface area (Å²) < 4.78 is 5.56. The Labute approximate surface area is 112 Å². The van der Waals surface area contributed by atoms with Crippen LogP contribution in [0.2, 0.25) is 0 Å². The number of nitrogens with zero attached hydrogens (tertiary/aromatic N) is 3. The molecule has 2 aromatic rings. The van der Waals surface area contributed by atoms with E-state index >= 15 is 0 Å². The second-order valence-electron chi connectivity index (χ2n) is 4.07. The first-order valence-electron chi connectivity index (χ1n) is 6.14. The monoisotopic (exact) mass is 259 g/mol. The molecular formula is C13H17N5O. The van der Waals surface area contributed by atoms with Crippen molar-refractivity contribution >= 4 is 0 Å². The van der Waals surface area contributed by atoms with E-state index in [2.05, 4.69) is 27.3 Å². The van der Waals surface area contributed by atoms with E-state index in [9.17, 15) is 0 Å². The van der Waals surface area contributed by atoms with Gasteiger partial charge in [-0.1, -0.05) is 6.92 Å². The Morgan fingerprint density at radius 1 is 1.16 bits per heavy atom. The summed E-state index contributed by atoms with van der Waals surface area (Å²) in [6.07, 6.45) is 9.31. The summed E-state index contributed by atoms with van der Waals surface area (Å²) in [7, 11) is 0. The molecule has 0 aliphatic carbocycles.